The number of hydrogen-bond acceptors (Lipinski definition) is 5. The van der Waals surface area contributed by atoms with Crippen molar-refractivity contribution in [2.24, 2.45) is 0 Å². The lowest BCUT2D eigenvalue weighted by molar-refractivity contribution is 0.208. The zero-order chi connectivity index (χ0) is 19.2. The van der Waals surface area contributed by atoms with Crippen molar-refractivity contribution in [1.29, 1.82) is 0 Å². The largest absolute Gasteiger partial charge is 0.356 e. The van der Waals surface area contributed by atoms with Gasteiger partial charge in [-0.05, 0) is 56.0 Å². The smallest absolute Gasteiger partial charge is 0.224 e. The molecule has 0 bridgehead atoms. The summed E-state index contributed by atoms with van der Waals surface area (Å²) in [5, 5.41) is 3.55. The first-order valence-electron chi connectivity index (χ1n) is 10.6. The number of likely N-dealkylation sites (tertiary alicyclic amines) is 1. The van der Waals surface area contributed by atoms with Crippen LogP contribution in [-0.4, -0.2) is 47.1 Å². The van der Waals surface area contributed by atoms with Crippen LogP contribution in [0, 0.1) is 5.82 Å². The van der Waals surface area contributed by atoms with Gasteiger partial charge < -0.3 is 10.2 Å². The van der Waals surface area contributed by atoms with E-state index in [9.17, 15) is 4.39 Å². The van der Waals surface area contributed by atoms with E-state index in [2.05, 4.69) is 20.1 Å². The van der Waals surface area contributed by atoms with Gasteiger partial charge in [-0.25, -0.2) is 9.37 Å². The molecule has 2 aliphatic heterocycles. The molecule has 0 radical (unpaired) electrons. The Morgan fingerprint density at radius 3 is 2.54 bits per heavy atom. The molecule has 2 aromatic rings. The van der Waals surface area contributed by atoms with E-state index in [1.807, 2.05) is 24.4 Å². The van der Waals surface area contributed by atoms with Gasteiger partial charge in [-0.15, -0.1) is 0 Å². The van der Waals surface area contributed by atoms with Crippen LogP contribution in [0.4, 0.5) is 16.2 Å². The predicted octanol–water partition coefficient (Wildman–Crippen LogP) is 4.07. The van der Waals surface area contributed by atoms with Crippen molar-refractivity contribution in [2.75, 3.05) is 36.4 Å². The maximum atomic E-state index is 13.1. The summed E-state index contributed by atoms with van der Waals surface area (Å²) in [6, 6.07) is 9.20. The molecule has 1 unspecified atom stereocenters. The molecular weight excluding hydrogens is 353 g/mol. The van der Waals surface area contributed by atoms with Crippen LogP contribution >= 0.6 is 0 Å². The van der Waals surface area contributed by atoms with E-state index < -0.39 is 0 Å². The molecule has 150 valence electrons. The van der Waals surface area contributed by atoms with Gasteiger partial charge in [0.05, 0.1) is 0 Å². The number of halogens is 1. The molecule has 6 heteroatoms. The molecule has 2 fully saturated rings. The van der Waals surface area contributed by atoms with Crippen LogP contribution < -0.4 is 10.2 Å². The summed E-state index contributed by atoms with van der Waals surface area (Å²) >= 11 is 0. The van der Waals surface area contributed by atoms with E-state index >= 15 is 0 Å². The highest BCUT2D eigenvalue weighted by molar-refractivity contribution is 5.43. The number of piperidine rings is 1. The van der Waals surface area contributed by atoms with Gasteiger partial charge in [0.1, 0.15) is 11.6 Å². The Hall–Kier alpha value is -2.21. The van der Waals surface area contributed by atoms with Crippen LogP contribution in [0.15, 0.2) is 36.5 Å². The first-order valence-corrected chi connectivity index (χ1v) is 10.6. The monoisotopic (exact) mass is 383 g/mol. The third-order valence-electron chi connectivity index (χ3n) is 5.73. The lowest BCUT2D eigenvalue weighted by Gasteiger charge is -2.33. The first-order chi connectivity index (χ1) is 13.8. The summed E-state index contributed by atoms with van der Waals surface area (Å²) < 4.78 is 13.1. The SMILES string of the molecule is Fc1ccc(CN2CCCC(Nc3nccc(N4CCCCCC4)n3)C2)cc1. The molecule has 1 atom stereocenters. The fraction of sp³-hybridized carbons (Fsp3) is 0.545. The zero-order valence-corrected chi connectivity index (χ0v) is 16.5. The maximum absolute atomic E-state index is 13.1. The van der Waals surface area contributed by atoms with Gasteiger partial charge in [-0.1, -0.05) is 25.0 Å². The average Bonchev–Trinajstić information content (AvgIpc) is 3.00. The number of hydrogen-bond donors (Lipinski definition) is 1. The van der Waals surface area contributed by atoms with E-state index in [4.69, 9.17) is 4.98 Å². The summed E-state index contributed by atoms with van der Waals surface area (Å²) in [6.07, 6.45) is 9.26. The Labute approximate surface area is 167 Å². The minimum atomic E-state index is -0.177. The molecule has 5 nitrogen and oxygen atoms in total. The van der Waals surface area contributed by atoms with Gasteiger partial charge in [0.15, 0.2) is 0 Å². The van der Waals surface area contributed by atoms with Crippen molar-refractivity contribution < 1.29 is 4.39 Å². The molecule has 1 N–H and O–H groups in total. The fourth-order valence-corrected chi connectivity index (χ4v) is 4.24. The summed E-state index contributed by atoms with van der Waals surface area (Å²) in [6.45, 7) is 5.06. The van der Waals surface area contributed by atoms with E-state index in [1.54, 1.807) is 0 Å². The van der Waals surface area contributed by atoms with Crippen molar-refractivity contribution in [3.8, 4) is 0 Å². The van der Waals surface area contributed by atoms with Gasteiger partial charge in [0, 0.05) is 38.4 Å². The molecule has 28 heavy (non-hydrogen) atoms. The van der Waals surface area contributed by atoms with Crippen LogP contribution in [0.2, 0.25) is 0 Å². The van der Waals surface area contributed by atoms with Crippen LogP contribution in [0.5, 0.6) is 0 Å². The number of benzene rings is 1. The number of anilines is 2. The maximum Gasteiger partial charge on any atom is 0.224 e. The molecule has 4 rings (SSSR count). The zero-order valence-electron chi connectivity index (χ0n) is 16.5. The van der Waals surface area contributed by atoms with Crippen molar-refractivity contribution in [2.45, 2.75) is 51.1 Å². The number of rotatable bonds is 5. The molecule has 0 aliphatic carbocycles. The molecule has 1 aromatic carbocycles. The summed E-state index contributed by atoms with van der Waals surface area (Å²) in [5.74, 6) is 1.59. The highest BCUT2D eigenvalue weighted by atomic mass is 19.1. The highest BCUT2D eigenvalue weighted by Gasteiger charge is 2.21. The predicted molar refractivity (Wildman–Crippen MR) is 111 cm³/mol. The van der Waals surface area contributed by atoms with Gasteiger partial charge in [-0.2, -0.15) is 4.98 Å². The number of nitrogens with zero attached hydrogens (tertiary/aromatic N) is 4. The summed E-state index contributed by atoms with van der Waals surface area (Å²) in [4.78, 5) is 14.1. The molecule has 0 spiro atoms. The first kappa shape index (κ1) is 19.1. The van der Waals surface area contributed by atoms with Crippen molar-refractivity contribution >= 4 is 11.8 Å². The van der Waals surface area contributed by atoms with Crippen LogP contribution in [0.1, 0.15) is 44.1 Å². The molecule has 2 aliphatic rings. The molecule has 3 heterocycles. The third kappa shape index (κ3) is 5.19. The Morgan fingerprint density at radius 2 is 1.75 bits per heavy atom. The summed E-state index contributed by atoms with van der Waals surface area (Å²) in [5.41, 5.74) is 1.15. The van der Waals surface area contributed by atoms with Gasteiger partial charge in [-0.3, -0.25) is 4.90 Å². The molecule has 2 saturated heterocycles. The van der Waals surface area contributed by atoms with Crippen LogP contribution in [0.25, 0.3) is 0 Å². The van der Waals surface area contributed by atoms with E-state index in [-0.39, 0.29) is 5.82 Å². The van der Waals surface area contributed by atoms with Gasteiger partial charge >= 0.3 is 0 Å². The second kappa shape index (κ2) is 9.32. The normalized spacial score (nSPS) is 21.3. The third-order valence-corrected chi connectivity index (χ3v) is 5.73. The standard InChI is InChI=1S/C22H30FN5/c23-19-9-7-18(8-10-19)16-27-13-5-6-20(17-27)25-22-24-12-11-21(26-22)28-14-3-1-2-4-15-28/h7-12,20H,1-6,13-17H2,(H,24,25,26). The Kier molecular flexibility index (Phi) is 6.37. The van der Waals surface area contributed by atoms with Crippen LogP contribution in [0.3, 0.4) is 0 Å². The lowest BCUT2D eigenvalue weighted by atomic mass is 10.0. The fourth-order valence-electron chi connectivity index (χ4n) is 4.24. The molecule has 0 amide bonds. The quantitative estimate of drug-likeness (QED) is 0.843. The minimum absolute atomic E-state index is 0.177. The highest BCUT2D eigenvalue weighted by Crippen LogP contribution is 2.20. The Balaban J connectivity index is 1.35. The Bertz CT molecular complexity index is 743. The summed E-state index contributed by atoms with van der Waals surface area (Å²) in [7, 11) is 0. The number of nitrogens with one attached hydrogen (secondary N) is 1. The molecular formula is C22H30FN5. The second-order valence-corrected chi connectivity index (χ2v) is 7.98. The van der Waals surface area contributed by atoms with E-state index in [0.717, 1.165) is 62.9 Å². The van der Waals surface area contributed by atoms with Crippen molar-refractivity contribution in [1.82, 2.24) is 14.9 Å². The van der Waals surface area contributed by atoms with Gasteiger partial charge in [0.2, 0.25) is 5.95 Å². The molecule has 0 saturated carbocycles. The minimum Gasteiger partial charge on any atom is -0.356 e. The Morgan fingerprint density at radius 1 is 0.964 bits per heavy atom. The van der Waals surface area contributed by atoms with Crippen LogP contribution in [-0.2, 0) is 6.54 Å². The van der Waals surface area contributed by atoms with Gasteiger partial charge in [0.25, 0.3) is 0 Å². The topological polar surface area (TPSA) is 44.3 Å². The average molecular weight is 384 g/mol. The number of aromatic nitrogens is 2. The van der Waals surface area contributed by atoms with E-state index in [1.165, 1.54) is 37.8 Å². The van der Waals surface area contributed by atoms with Crippen molar-refractivity contribution in [3.05, 3.63) is 47.9 Å². The molecule has 1 aromatic heterocycles. The van der Waals surface area contributed by atoms with E-state index in [0.29, 0.717) is 6.04 Å². The van der Waals surface area contributed by atoms with Crippen molar-refractivity contribution in [3.63, 3.8) is 0 Å². The lowest BCUT2D eigenvalue weighted by Crippen LogP contribution is -2.42. The second-order valence-electron chi connectivity index (χ2n) is 7.98.